The van der Waals surface area contributed by atoms with Crippen molar-refractivity contribution in [3.8, 4) is 0 Å². The topological polar surface area (TPSA) is 131 Å². The highest BCUT2D eigenvalue weighted by atomic mass is 35.5. The lowest BCUT2D eigenvalue weighted by molar-refractivity contribution is -0.136. The molecule has 0 bridgehead atoms. The number of aryl methyl sites for hydroxylation is 1. The van der Waals surface area contributed by atoms with Crippen LogP contribution < -0.4 is 16.1 Å². The molecule has 10 nitrogen and oxygen atoms in total. The summed E-state index contributed by atoms with van der Waals surface area (Å²) in [4.78, 5) is 36.0. The van der Waals surface area contributed by atoms with Crippen LogP contribution in [-0.2, 0) is 23.2 Å². The number of carbonyl (C=O) groups excluding carboxylic acids is 3. The van der Waals surface area contributed by atoms with Crippen LogP contribution in [0.1, 0.15) is 22.0 Å². The maximum absolute atomic E-state index is 12.1. The van der Waals surface area contributed by atoms with Gasteiger partial charge in [-0.1, -0.05) is 34.8 Å². The van der Waals surface area contributed by atoms with Crippen LogP contribution in [0.4, 0.5) is 5.69 Å². The summed E-state index contributed by atoms with van der Waals surface area (Å²) in [5.74, 6) is -1.62. The van der Waals surface area contributed by atoms with Gasteiger partial charge in [-0.25, -0.2) is 5.43 Å². The van der Waals surface area contributed by atoms with Gasteiger partial charge in [-0.15, -0.1) is 0 Å². The van der Waals surface area contributed by atoms with Crippen LogP contribution in [0.25, 0.3) is 0 Å². The predicted octanol–water partition coefficient (Wildman–Crippen LogP) is 2.99. The van der Waals surface area contributed by atoms with Crippen molar-refractivity contribution < 1.29 is 18.8 Å². The number of anilines is 1. The van der Waals surface area contributed by atoms with E-state index in [1.54, 1.807) is 19.2 Å². The molecule has 0 saturated heterocycles. The van der Waals surface area contributed by atoms with Crippen molar-refractivity contribution in [2.45, 2.75) is 6.54 Å². The highest BCUT2D eigenvalue weighted by molar-refractivity contribution is 6.43. The van der Waals surface area contributed by atoms with Crippen LogP contribution in [0, 0.1) is 0 Å². The minimum Gasteiger partial charge on any atom is -0.458 e. The minimum atomic E-state index is -0.881. The number of hydrogen-bond donors (Lipinski definition) is 3. The largest absolute Gasteiger partial charge is 0.458 e. The molecule has 3 aromatic rings. The highest BCUT2D eigenvalue weighted by Crippen LogP contribution is 2.24. The van der Waals surface area contributed by atoms with E-state index in [1.165, 1.54) is 35.3 Å². The third-order valence-electron chi connectivity index (χ3n) is 3.96. The van der Waals surface area contributed by atoms with Crippen LogP contribution in [0.15, 0.2) is 46.0 Å². The molecule has 0 unspecified atom stereocenters. The summed E-state index contributed by atoms with van der Waals surface area (Å²) in [6, 6.07) is 7.59. The van der Waals surface area contributed by atoms with Crippen LogP contribution in [-0.4, -0.2) is 33.7 Å². The third-order valence-corrected chi connectivity index (χ3v) is 4.97. The number of halogens is 3. The Kier molecular flexibility index (Phi) is 7.52. The Morgan fingerprint density at radius 2 is 1.88 bits per heavy atom. The number of nitrogens with one attached hydrogen (secondary N) is 3. The standard InChI is InChI=1S/C19H15Cl3N6O4/c1-28-16(15(22)9-25-28)17(29)27-24-8-12-4-3-11(32-12)7-23-18(30)19(31)26-10-2-5-13(20)14(21)6-10/h2-6,8-9H,7H2,1H3,(H,23,30)(H,26,31)(H,27,29)/b24-8-. The number of hydrogen-bond acceptors (Lipinski definition) is 6. The van der Waals surface area contributed by atoms with Crippen molar-refractivity contribution >= 4 is 64.4 Å². The Balaban J connectivity index is 1.48. The van der Waals surface area contributed by atoms with Gasteiger partial charge in [0, 0.05) is 12.7 Å². The summed E-state index contributed by atoms with van der Waals surface area (Å²) in [6.07, 6.45) is 2.61. The molecule has 0 saturated carbocycles. The smallest absolute Gasteiger partial charge is 0.313 e. The second-order valence-electron chi connectivity index (χ2n) is 6.23. The van der Waals surface area contributed by atoms with Crippen molar-refractivity contribution in [2.75, 3.05) is 5.32 Å². The SMILES string of the molecule is Cn1ncc(Cl)c1C(=O)N/N=C\c1ccc(CNC(=O)C(=O)Nc2ccc(Cl)c(Cl)c2)o1. The van der Waals surface area contributed by atoms with Crippen molar-refractivity contribution in [3.63, 3.8) is 0 Å². The zero-order chi connectivity index (χ0) is 23.3. The quantitative estimate of drug-likeness (QED) is 0.274. The Labute approximate surface area is 196 Å². The van der Waals surface area contributed by atoms with Gasteiger partial charge in [0.2, 0.25) is 0 Å². The fourth-order valence-corrected chi connectivity index (χ4v) is 2.99. The lowest BCUT2D eigenvalue weighted by Crippen LogP contribution is -2.34. The highest BCUT2D eigenvalue weighted by Gasteiger charge is 2.16. The molecule has 3 amide bonds. The van der Waals surface area contributed by atoms with E-state index in [1.807, 2.05) is 0 Å². The molecule has 0 aliphatic carbocycles. The molecular formula is C19H15Cl3N6O4. The molecule has 0 radical (unpaired) electrons. The van der Waals surface area contributed by atoms with E-state index in [9.17, 15) is 14.4 Å². The number of amides is 3. The third kappa shape index (κ3) is 5.88. The Morgan fingerprint density at radius 1 is 1.09 bits per heavy atom. The van der Waals surface area contributed by atoms with Crippen molar-refractivity contribution in [1.82, 2.24) is 20.5 Å². The zero-order valence-electron chi connectivity index (χ0n) is 16.4. The van der Waals surface area contributed by atoms with Gasteiger partial charge in [-0.05, 0) is 30.3 Å². The fraction of sp³-hybridized carbons (Fsp3) is 0.105. The van der Waals surface area contributed by atoms with Gasteiger partial charge in [-0.2, -0.15) is 10.2 Å². The maximum Gasteiger partial charge on any atom is 0.313 e. The lowest BCUT2D eigenvalue weighted by Gasteiger charge is -2.06. The molecule has 166 valence electrons. The number of aromatic nitrogens is 2. The van der Waals surface area contributed by atoms with E-state index < -0.39 is 17.7 Å². The summed E-state index contributed by atoms with van der Waals surface area (Å²) in [7, 11) is 1.57. The zero-order valence-corrected chi connectivity index (χ0v) is 18.6. The number of carbonyl (C=O) groups is 3. The average molecular weight is 498 g/mol. The number of furan rings is 1. The lowest BCUT2D eigenvalue weighted by atomic mass is 10.3. The number of rotatable bonds is 6. The van der Waals surface area contributed by atoms with Gasteiger partial charge in [0.1, 0.15) is 17.2 Å². The summed E-state index contributed by atoms with van der Waals surface area (Å²) in [5.41, 5.74) is 2.79. The number of hydrazone groups is 1. The number of nitrogens with zero attached hydrogens (tertiary/aromatic N) is 3. The normalized spacial score (nSPS) is 10.9. The van der Waals surface area contributed by atoms with E-state index in [0.29, 0.717) is 22.2 Å². The first-order valence-corrected chi connectivity index (χ1v) is 10.0. The van der Waals surface area contributed by atoms with Gasteiger partial charge in [-0.3, -0.25) is 19.1 Å². The van der Waals surface area contributed by atoms with Crippen molar-refractivity contribution in [1.29, 1.82) is 0 Å². The summed E-state index contributed by atoms with van der Waals surface area (Å²) in [6.45, 7) is -0.0432. The monoisotopic (exact) mass is 496 g/mol. The molecule has 13 heteroatoms. The molecule has 0 atom stereocenters. The summed E-state index contributed by atoms with van der Waals surface area (Å²) in [5, 5.41) is 13.2. The minimum absolute atomic E-state index is 0.0432. The molecule has 3 rings (SSSR count). The van der Waals surface area contributed by atoms with Crippen molar-refractivity contribution in [3.05, 3.63) is 68.8 Å². The first-order chi connectivity index (χ1) is 15.2. The maximum atomic E-state index is 12.1. The average Bonchev–Trinajstić information content (AvgIpc) is 3.34. The van der Waals surface area contributed by atoms with Crippen LogP contribution in [0.5, 0.6) is 0 Å². The Bertz CT molecular complexity index is 1180. The molecule has 0 fully saturated rings. The van der Waals surface area contributed by atoms with E-state index in [2.05, 4.69) is 26.3 Å². The Hall–Kier alpha value is -3.34. The van der Waals surface area contributed by atoms with Crippen molar-refractivity contribution in [2.24, 2.45) is 12.1 Å². The van der Waals surface area contributed by atoms with Crippen LogP contribution in [0.3, 0.4) is 0 Å². The Morgan fingerprint density at radius 3 is 2.56 bits per heavy atom. The van der Waals surface area contributed by atoms with E-state index in [4.69, 9.17) is 39.2 Å². The summed E-state index contributed by atoms with van der Waals surface area (Å²) < 4.78 is 6.78. The van der Waals surface area contributed by atoms with Gasteiger partial charge in [0.25, 0.3) is 5.91 Å². The molecule has 2 heterocycles. The molecule has 32 heavy (non-hydrogen) atoms. The van der Waals surface area contributed by atoms with E-state index in [0.717, 1.165) is 0 Å². The second kappa shape index (κ2) is 10.3. The van der Waals surface area contributed by atoms with E-state index >= 15 is 0 Å². The van der Waals surface area contributed by atoms with E-state index in [-0.39, 0.29) is 22.3 Å². The van der Waals surface area contributed by atoms with Gasteiger partial charge >= 0.3 is 11.8 Å². The summed E-state index contributed by atoms with van der Waals surface area (Å²) >= 11 is 17.6. The molecule has 0 spiro atoms. The number of benzene rings is 1. The fourth-order valence-electron chi connectivity index (χ4n) is 2.44. The van der Waals surface area contributed by atoms with Crippen LogP contribution >= 0.6 is 34.8 Å². The predicted molar refractivity (Wildman–Crippen MR) is 119 cm³/mol. The molecule has 0 aliphatic rings. The molecule has 2 aromatic heterocycles. The van der Waals surface area contributed by atoms with Gasteiger partial charge in [0.15, 0.2) is 0 Å². The first kappa shape index (κ1) is 23.3. The molecule has 3 N–H and O–H groups in total. The molecular weight excluding hydrogens is 483 g/mol. The second-order valence-corrected chi connectivity index (χ2v) is 7.46. The first-order valence-electron chi connectivity index (χ1n) is 8.88. The molecule has 1 aromatic carbocycles. The van der Waals surface area contributed by atoms with Crippen LogP contribution in [0.2, 0.25) is 15.1 Å². The van der Waals surface area contributed by atoms with Gasteiger partial charge in [0.05, 0.1) is 34.0 Å². The molecule has 0 aliphatic heterocycles. The van der Waals surface area contributed by atoms with Gasteiger partial charge < -0.3 is 15.1 Å².